The molecule has 0 saturated heterocycles. The number of methoxy groups -OCH3 is 1. The summed E-state index contributed by atoms with van der Waals surface area (Å²) in [6.45, 7) is 0.468. The summed E-state index contributed by atoms with van der Waals surface area (Å²) >= 11 is 2.14. The third-order valence-corrected chi connectivity index (χ3v) is 3.43. The van der Waals surface area contributed by atoms with Gasteiger partial charge in [0.15, 0.2) is 0 Å². The van der Waals surface area contributed by atoms with Gasteiger partial charge in [-0.1, -0.05) is 6.07 Å². The molecule has 0 saturated carbocycles. The van der Waals surface area contributed by atoms with Gasteiger partial charge in [0.25, 0.3) is 5.91 Å². The molecule has 0 aliphatic heterocycles. The van der Waals surface area contributed by atoms with Crippen LogP contribution in [-0.2, 0) is 6.54 Å². The number of ether oxygens (including phenoxy) is 1. The minimum absolute atomic E-state index is 0.107. The smallest absolute Gasteiger partial charge is 0.251 e. The van der Waals surface area contributed by atoms with E-state index >= 15 is 0 Å². The van der Waals surface area contributed by atoms with Crippen molar-refractivity contribution in [2.45, 2.75) is 6.54 Å². The number of nitrogens with one attached hydrogen (secondary N) is 1. The Balaban J connectivity index is 2.02. The molecule has 1 amide bonds. The van der Waals surface area contributed by atoms with E-state index in [1.807, 2.05) is 12.1 Å². The van der Waals surface area contributed by atoms with Crippen molar-refractivity contribution in [2.24, 2.45) is 0 Å². The predicted molar refractivity (Wildman–Crippen MR) is 81.1 cm³/mol. The molecule has 2 rings (SSSR count). The first-order valence-corrected chi connectivity index (χ1v) is 6.79. The molecule has 0 spiro atoms. The van der Waals surface area contributed by atoms with Crippen LogP contribution in [0.2, 0.25) is 0 Å². The van der Waals surface area contributed by atoms with Gasteiger partial charge in [-0.3, -0.25) is 9.78 Å². The SMILES string of the molecule is COc1ccc(C(=O)NCc2cccnc2)cc1I. The largest absolute Gasteiger partial charge is 0.496 e. The summed E-state index contributed by atoms with van der Waals surface area (Å²) in [5.41, 5.74) is 1.59. The second-order valence-corrected chi connectivity index (χ2v) is 5.06. The highest BCUT2D eigenvalue weighted by atomic mass is 127. The molecule has 2 aromatic rings. The predicted octanol–water partition coefficient (Wildman–Crippen LogP) is 2.62. The van der Waals surface area contributed by atoms with E-state index in [-0.39, 0.29) is 5.91 Å². The number of hydrogen-bond acceptors (Lipinski definition) is 3. The Hall–Kier alpha value is -1.63. The summed E-state index contributed by atoms with van der Waals surface area (Å²) < 4.78 is 6.07. The molecule has 0 aliphatic rings. The topological polar surface area (TPSA) is 51.2 Å². The Labute approximate surface area is 125 Å². The van der Waals surface area contributed by atoms with Crippen LogP contribution in [0, 0.1) is 3.57 Å². The number of hydrogen-bond donors (Lipinski definition) is 1. The molecule has 5 heteroatoms. The van der Waals surface area contributed by atoms with Crippen LogP contribution >= 0.6 is 22.6 Å². The van der Waals surface area contributed by atoms with Gasteiger partial charge in [-0.2, -0.15) is 0 Å². The number of amides is 1. The Bertz CT molecular complexity index is 573. The zero-order chi connectivity index (χ0) is 13.7. The fraction of sp³-hybridized carbons (Fsp3) is 0.143. The molecule has 1 aromatic heterocycles. The summed E-state index contributed by atoms with van der Waals surface area (Å²) in [5.74, 6) is 0.661. The highest BCUT2D eigenvalue weighted by Gasteiger charge is 2.08. The zero-order valence-electron chi connectivity index (χ0n) is 10.4. The molecule has 98 valence electrons. The van der Waals surface area contributed by atoms with Crippen LogP contribution in [0.15, 0.2) is 42.7 Å². The number of benzene rings is 1. The van der Waals surface area contributed by atoms with Crippen LogP contribution in [-0.4, -0.2) is 18.0 Å². The highest BCUT2D eigenvalue weighted by Crippen LogP contribution is 2.21. The number of carbonyl (C=O) groups is 1. The second-order valence-electron chi connectivity index (χ2n) is 3.89. The molecule has 19 heavy (non-hydrogen) atoms. The van der Waals surface area contributed by atoms with Gasteiger partial charge in [-0.15, -0.1) is 0 Å². The van der Waals surface area contributed by atoms with Gasteiger partial charge < -0.3 is 10.1 Å². The van der Waals surface area contributed by atoms with Gasteiger partial charge in [-0.25, -0.2) is 0 Å². The van der Waals surface area contributed by atoms with Crippen LogP contribution in [0.3, 0.4) is 0 Å². The van der Waals surface area contributed by atoms with Crippen molar-refractivity contribution in [1.29, 1.82) is 0 Å². The van der Waals surface area contributed by atoms with Crippen molar-refractivity contribution in [3.05, 3.63) is 57.4 Å². The van der Waals surface area contributed by atoms with Crippen LogP contribution < -0.4 is 10.1 Å². The zero-order valence-corrected chi connectivity index (χ0v) is 12.5. The van der Waals surface area contributed by atoms with E-state index in [0.29, 0.717) is 12.1 Å². The van der Waals surface area contributed by atoms with Gasteiger partial charge in [0, 0.05) is 24.5 Å². The van der Waals surface area contributed by atoms with Crippen molar-refractivity contribution in [3.8, 4) is 5.75 Å². The number of carbonyl (C=O) groups excluding carboxylic acids is 1. The lowest BCUT2D eigenvalue weighted by Gasteiger charge is -2.07. The molecule has 1 N–H and O–H groups in total. The molecule has 0 fully saturated rings. The minimum atomic E-state index is -0.107. The summed E-state index contributed by atoms with van der Waals surface area (Å²) in [5, 5.41) is 2.86. The molecular formula is C14H13IN2O2. The first-order chi connectivity index (χ1) is 9.20. The molecule has 0 aliphatic carbocycles. The van der Waals surface area contributed by atoms with Gasteiger partial charge in [0.05, 0.1) is 10.7 Å². The lowest BCUT2D eigenvalue weighted by atomic mass is 10.2. The van der Waals surface area contributed by atoms with E-state index in [1.165, 1.54) is 0 Å². The average Bonchev–Trinajstić information content (AvgIpc) is 2.45. The molecule has 0 atom stereocenters. The fourth-order valence-electron chi connectivity index (χ4n) is 1.59. The van der Waals surface area contributed by atoms with E-state index in [1.54, 1.807) is 37.7 Å². The van der Waals surface area contributed by atoms with Crippen LogP contribution in [0.4, 0.5) is 0 Å². The highest BCUT2D eigenvalue weighted by molar-refractivity contribution is 14.1. The van der Waals surface area contributed by atoms with Crippen LogP contribution in [0.25, 0.3) is 0 Å². The summed E-state index contributed by atoms with van der Waals surface area (Å²) in [7, 11) is 1.61. The summed E-state index contributed by atoms with van der Waals surface area (Å²) in [4.78, 5) is 16.0. The van der Waals surface area contributed by atoms with Gasteiger partial charge in [0.2, 0.25) is 0 Å². The molecule has 4 nitrogen and oxygen atoms in total. The van der Waals surface area contributed by atoms with E-state index < -0.39 is 0 Å². The number of pyridine rings is 1. The Morgan fingerprint density at radius 2 is 2.26 bits per heavy atom. The Morgan fingerprint density at radius 1 is 1.42 bits per heavy atom. The van der Waals surface area contributed by atoms with E-state index in [0.717, 1.165) is 14.9 Å². The van der Waals surface area contributed by atoms with Crippen molar-refractivity contribution in [3.63, 3.8) is 0 Å². The summed E-state index contributed by atoms with van der Waals surface area (Å²) in [6.07, 6.45) is 3.44. The first kappa shape index (κ1) is 13.8. The maximum atomic E-state index is 12.0. The Morgan fingerprint density at radius 3 is 2.89 bits per heavy atom. The van der Waals surface area contributed by atoms with Crippen LogP contribution in [0.1, 0.15) is 15.9 Å². The van der Waals surface area contributed by atoms with Gasteiger partial charge in [0.1, 0.15) is 5.75 Å². The monoisotopic (exact) mass is 368 g/mol. The standard InChI is InChI=1S/C14H13IN2O2/c1-19-13-5-4-11(7-12(13)15)14(18)17-9-10-3-2-6-16-8-10/h2-8H,9H2,1H3,(H,17,18). The third-order valence-electron chi connectivity index (χ3n) is 2.59. The van der Waals surface area contributed by atoms with Crippen molar-refractivity contribution < 1.29 is 9.53 Å². The average molecular weight is 368 g/mol. The lowest BCUT2D eigenvalue weighted by molar-refractivity contribution is 0.0951. The fourth-order valence-corrected chi connectivity index (χ4v) is 2.33. The molecule has 0 unspecified atom stereocenters. The van der Waals surface area contributed by atoms with Crippen molar-refractivity contribution in [1.82, 2.24) is 10.3 Å². The number of aromatic nitrogens is 1. The quantitative estimate of drug-likeness (QED) is 0.845. The lowest BCUT2D eigenvalue weighted by Crippen LogP contribution is -2.22. The van der Waals surface area contributed by atoms with E-state index in [2.05, 4.69) is 32.9 Å². The number of rotatable bonds is 4. The maximum absolute atomic E-state index is 12.0. The molecule has 0 bridgehead atoms. The van der Waals surface area contributed by atoms with Gasteiger partial charge in [-0.05, 0) is 52.4 Å². The molecule has 1 heterocycles. The third kappa shape index (κ3) is 3.66. The van der Waals surface area contributed by atoms with Crippen molar-refractivity contribution >= 4 is 28.5 Å². The van der Waals surface area contributed by atoms with Gasteiger partial charge >= 0.3 is 0 Å². The maximum Gasteiger partial charge on any atom is 0.251 e. The Kier molecular flexibility index (Phi) is 4.73. The first-order valence-electron chi connectivity index (χ1n) is 5.71. The minimum Gasteiger partial charge on any atom is -0.496 e. The molecular weight excluding hydrogens is 355 g/mol. The van der Waals surface area contributed by atoms with Crippen LogP contribution in [0.5, 0.6) is 5.75 Å². The summed E-state index contributed by atoms with van der Waals surface area (Å²) in [6, 6.07) is 9.11. The van der Waals surface area contributed by atoms with E-state index in [9.17, 15) is 4.79 Å². The number of halogens is 1. The molecule has 0 radical (unpaired) electrons. The second kappa shape index (κ2) is 6.51. The normalized spacial score (nSPS) is 10.0. The van der Waals surface area contributed by atoms with E-state index in [4.69, 9.17) is 4.74 Å². The molecule has 1 aromatic carbocycles. The van der Waals surface area contributed by atoms with Crippen molar-refractivity contribution in [2.75, 3.05) is 7.11 Å². The number of nitrogens with zero attached hydrogens (tertiary/aromatic N) is 1.